The van der Waals surface area contributed by atoms with E-state index in [2.05, 4.69) is 5.10 Å². The molecule has 2 rings (SSSR count). The van der Waals surface area contributed by atoms with Crippen LogP contribution < -0.4 is 0 Å². The van der Waals surface area contributed by atoms with Crippen molar-refractivity contribution in [2.24, 2.45) is 7.05 Å². The summed E-state index contributed by atoms with van der Waals surface area (Å²) in [6, 6.07) is -0.496. The number of carbonyl (C=O) groups is 1. The summed E-state index contributed by atoms with van der Waals surface area (Å²) in [5.74, 6) is -0.481. The van der Waals surface area contributed by atoms with Gasteiger partial charge in [-0.15, -0.1) is 0 Å². The van der Waals surface area contributed by atoms with Gasteiger partial charge in [-0.1, -0.05) is 0 Å². The molecule has 1 aliphatic rings. The number of hydrogen-bond donors (Lipinski definition) is 0. The molecular weight excluding hydrogens is 323 g/mol. The van der Waals surface area contributed by atoms with Gasteiger partial charge in [-0.3, -0.25) is 9.48 Å². The van der Waals surface area contributed by atoms with Crippen LogP contribution in [-0.2, 0) is 23.0 Å². The molecule has 24 heavy (non-hydrogen) atoms. The molecular formula is C16H24F3N3O2. The highest BCUT2D eigenvalue weighted by molar-refractivity contribution is 5.77. The van der Waals surface area contributed by atoms with Gasteiger partial charge in [0.15, 0.2) is 0 Å². The van der Waals surface area contributed by atoms with Gasteiger partial charge >= 0.3 is 6.18 Å². The molecule has 1 aromatic rings. The normalized spacial score (nSPS) is 18.7. The number of aryl methyl sites for hydroxylation is 2. The van der Waals surface area contributed by atoms with Crippen LogP contribution in [0.3, 0.4) is 0 Å². The van der Waals surface area contributed by atoms with Gasteiger partial charge in [0.25, 0.3) is 0 Å². The molecule has 0 bridgehead atoms. The molecule has 1 amide bonds. The van der Waals surface area contributed by atoms with E-state index < -0.39 is 24.7 Å². The fraction of sp³-hybridized carbons (Fsp3) is 0.750. The topological polar surface area (TPSA) is 47.4 Å². The van der Waals surface area contributed by atoms with Crippen LogP contribution in [0.25, 0.3) is 0 Å². The molecule has 1 saturated heterocycles. The van der Waals surface area contributed by atoms with Crippen molar-refractivity contribution in [1.29, 1.82) is 0 Å². The maximum atomic E-state index is 12.9. The van der Waals surface area contributed by atoms with Crippen molar-refractivity contribution in [3.05, 3.63) is 17.0 Å². The van der Waals surface area contributed by atoms with Crippen molar-refractivity contribution in [2.45, 2.75) is 51.7 Å². The Labute approximate surface area is 139 Å². The molecule has 0 spiro atoms. The zero-order valence-corrected chi connectivity index (χ0v) is 14.3. The monoisotopic (exact) mass is 347 g/mol. The molecule has 0 unspecified atom stereocenters. The first kappa shape index (κ1) is 18.8. The van der Waals surface area contributed by atoms with Crippen LogP contribution in [0.2, 0.25) is 0 Å². The van der Waals surface area contributed by atoms with Crippen molar-refractivity contribution < 1.29 is 22.7 Å². The second-order valence-corrected chi connectivity index (χ2v) is 6.28. The third-order valence-electron chi connectivity index (χ3n) is 4.49. The summed E-state index contributed by atoms with van der Waals surface area (Å²) in [4.78, 5) is 13.4. The summed E-state index contributed by atoms with van der Waals surface area (Å²) in [6.45, 7) is 3.23. The lowest BCUT2D eigenvalue weighted by molar-refractivity contribution is -0.170. The Hall–Kier alpha value is -1.57. The minimum atomic E-state index is -4.41. The van der Waals surface area contributed by atoms with Crippen LogP contribution in [0.4, 0.5) is 13.2 Å². The molecule has 0 aliphatic carbocycles. The Bertz CT molecular complexity index is 578. The quantitative estimate of drug-likeness (QED) is 0.822. The van der Waals surface area contributed by atoms with Gasteiger partial charge in [0, 0.05) is 25.8 Å². The number of carbonyl (C=O) groups excluding carboxylic acids is 1. The van der Waals surface area contributed by atoms with Crippen molar-refractivity contribution >= 4 is 5.91 Å². The van der Waals surface area contributed by atoms with Crippen LogP contribution in [0.5, 0.6) is 0 Å². The molecule has 0 saturated carbocycles. The van der Waals surface area contributed by atoms with Gasteiger partial charge < -0.3 is 9.64 Å². The Morgan fingerprint density at radius 3 is 2.62 bits per heavy atom. The molecule has 0 radical (unpaired) electrons. The zero-order valence-electron chi connectivity index (χ0n) is 14.3. The Morgan fingerprint density at radius 1 is 1.42 bits per heavy atom. The standard InChI is InChI=1S/C16H24F3N3O2/c1-11-14(12(2)21(3)20-11)6-7-15(23)22(10-16(17,18)19)13-5-4-8-24-9-13/h13H,4-10H2,1-3H3/t13-/m1/s1. The Balaban J connectivity index is 2.06. The molecule has 2 heterocycles. The van der Waals surface area contributed by atoms with E-state index in [1.54, 1.807) is 4.68 Å². The molecule has 1 aromatic heterocycles. The van der Waals surface area contributed by atoms with Gasteiger partial charge in [-0.25, -0.2) is 0 Å². The summed E-state index contributed by atoms with van der Waals surface area (Å²) >= 11 is 0. The second kappa shape index (κ2) is 7.55. The summed E-state index contributed by atoms with van der Waals surface area (Å²) < 4.78 is 45.6. The number of alkyl halides is 3. The van der Waals surface area contributed by atoms with Gasteiger partial charge in [-0.2, -0.15) is 18.3 Å². The number of ether oxygens (including phenoxy) is 1. The molecule has 5 nitrogen and oxygen atoms in total. The lowest BCUT2D eigenvalue weighted by atomic mass is 10.0. The smallest absolute Gasteiger partial charge is 0.379 e. The maximum Gasteiger partial charge on any atom is 0.406 e. The highest BCUT2D eigenvalue weighted by atomic mass is 19.4. The third-order valence-corrected chi connectivity index (χ3v) is 4.49. The van der Waals surface area contributed by atoms with Crippen LogP contribution in [-0.4, -0.2) is 52.6 Å². The van der Waals surface area contributed by atoms with Gasteiger partial charge in [0.1, 0.15) is 6.54 Å². The first-order valence-corrected chi connectivity index (χ1v) is 8.12. The SMILES string of the molecule is Cc1nn(C)c(C)c1CCC(=O)N(CC(F)(F)F)[C@@H]1CCCOC1. The van der Waals surface area contributed by atoms with E-state index >= 15 is 0 Å². The van der Waals surface area contributed by atoms with Crippen LogP contribution in [0.1, 0.15) is 36.2 Å². The predicted molar refractivity (Wildman–Crippen MR) is 82.6 cm³/mol. The van der Waals surface area contributed by atoms with E-state index in [0.717, 1.165) is 21.9 Å². The van der Waals surface area contributed by atoms with Crippen molar-refractivity contribution in [1.82, 2.24) is 14.7 Å². The molecule has 1 fully saturated rings. The average molecular weight is 347 g/mol. The predicted octanol–water partition coefficient (Wildman–Crippen LogP) is 2.54. The Morgan fingerprint density at radius 2 is 2.12 bits per heavy atom. The number of nitrogens with zero attached hydrogens (tertiary/aromatic N) is 3. The second-order valence-electron chi connectivity index (χ2n) is 6.28. The third kappa shape index (κ3) is 4.72. The zero-order chi connectivity index (χ0) is 17.9. The minimum Gasteiger partial charge on any atom is -0.379 e. The largest absolute Gasteiger partial charge is 0.406 e. The molecule has 1 aliphatic heterocycles. The number of rotatable bonds is 5. The Kier molecular flexibility index (Phi) is 5.90. The fourth-order valence-corrected chi connectivity index (χ4v) is 3.14. The molecule has 8 heteroatoms. The van der Waals surface area contributed by atoms with Gasteiger partial charge in [-0.05, 0) is 38.7 Å². The summed E-state index contributed by atoms with van der Waals surface area (Å²) in [7, 11) is 1.81. The highest BCUT2D eigenvalue weighted by Gasteiger charge is 2.37. The van der Waals surface area contributed by atoms with E-state index in [-0.39, 0.29) is 13.0 Å². The van der Waals surface area contributed by atoms with Crippen molar-refractivity contribution in [3.63, 3.8) is 0 Å². The molecule has 1 atom stereocenters. The fourth-order valence-electron chi connectivity index (χ4n) is 3.14. The molecule has 0 aromatic carbocycles. The van der Waals surface area contributed by atoms with E-state index in [4.69, 9.17) is 4.74 Å². The van der Waals surface area contributed by atoms with Crippen LogP contribution in [0.15, 0.2) is 0 Å². The van der Waals surface area contributed by atoms with E-state index in [1.807, 2.05) is 20.9 Å². The number of amides is 1. The van der Waals surface area contributed by atoms with E-state index in [1.165, 1.54) is 0 Å². The minimum absolute atomic E-state index is 0.0416. The molecule has 0 N–H and O–H groups in total. The lowest BCUT2D eigenvalue weighted by Crippen LogP contribution is -2.49. The maximum absolute atomic E-state index is 12.9. The first-order valence-electron chi connectivity index (χ1n) is 8.12. The van der Waals surface area contributed by atoms with Gasteiger partial charge in [0.05, 0.1) is 18.3 Å². The summed E-state index contributed by atoms with van der Waals surface area (Å²) in [6.07, 6.45) is -2.75. The van der Waals surface area contributed by atoms with Crippen LogP contribution >= 0.6 is 0 Å². The van der Waals surface area contributed by atoms with E-state index in [9.17, 15) is 18.0 Å². The number of halogens is 3. The molecule has 136 valence electrons. The average Bonchev–Trinajstić information content (AvgIpc) is 2.75. The summed E-state index contributed by atoms with van der Waals surface area (Å²) in [5, 5.41) is 4.27. The summed E-state index contributed by atoms with van der Waals surface area (Å²) in [5.41, 5.74) is 2.67. The lowest BCUT2D eigenvalue weighted by Gasteiger charge is -2.34. The number of aromatic nitrogens is 2. The first-order chi connectivity index (χ1) is 11.2. The number of hydrogen-bond acceptors (Lipinski definition) is 3. The van der Waals surface area contributed by atoms with Crippen LogP contribution in [0, 0.1) is 13.8 Å². The van der Waals surface area contributed by atoms with E-state index in [0.29, 0.717) is 25.9 Å². The van der Waals surface area contributed by atoms with Gasteiger partial charge in [0.2, 0.25) is 5.91 Å². The van der Waals surface area contributed by atoms with Crippen molar-refractivity contribution in [3.8, 4) is 0 Å². The van der Waals surface area contributed by atoms with Crippen molar-refractivity contribution in [2.75, 3.05) is 19.8 Å². The highest BCUT2D eigenvalue weighted by Crippen LogP contribution is 2.23.